The number of aliphatic carboxylic acids is 1. The van der Waals surface area contributed by atoms with Gasteiger partial charge in [-0.05, 0) is 12.3 Å². The van der Waals surface area contributed by atoms with E-state index in [-0.39, 0.29) is 16.4 Å². The van der Waals surface area contributed by atoms with E-state index in [1.165, 1.54) is 0 Å². The van der Waals surface area contributed by atoms with Crippen molar-refractivity contribution in [2.75, 3.05) is 11.6 Å². The van der Waals surface area contributed by atoms with Crippen molar-refractivity contribution in [3.8, 4) is 0 Å². The van der Waals surface area contributed by atoms with Crippen LogP contribution in [0.1, 0.15) is 5.56 Å². The molecule has 0 spiro atoms. The minimum absolute atomic E-state index is 0.0717. The average molecular weight is 235 g/mol. The summed E-state index contributed by atoms with van der Waals surface area (Å²) in [7, 11) is 0. The van der Waals surface area contributed by atoms with Gasteiger partial charge in [-0.3, -0.25) is 4.79 Å². The Morgan fingerprint density at radius 1 is 1.38 bits per heavy atom. The van der Waals surface area contributed by atoms with Gasteiger partial charge in [0.25, 0.3) is 5.91 Å². The van der Waals surface area contributed by atoms with Crippen molar-refractivity contribution in [1.29, 1.82) is 0 Å². The highest BCUT2D eigenvalue weighted by Gasteiger charge is 2.29. The molecule has 2 N–H and O–H groups in total. The summed E-state index contributed by atoms with van der Waals surface area (Å²) < 4.78 is 0. The highest BCUT2D eigenvalue weighted by Crippen LogP contribution is 2.36. The standard InChI is InChI=1S/C11H9NO3S/c1-16-9(11(14)15)8-6-4-2-3-5-7(6)12-10(8)13/h2-5H,1H3,(H,12,13)(H,14,15)/b9-8+. The van der Waals surface area contributed by atoms with Crippen molar-refractivity contribution in [3.63, 3.8) is 0 Å². The van der Waals surface area contributed by atoms with Gasteiger partial charge in [-0.2, -0.15) is 0 Å². The maximum absolute atomic E-state index is 11.7. The van der Waals surface area contributed by atoms with E-state index in [1.807, 2.05) is 0 Å². The number of carbonyl (C=O) groups is 2. The zero-order chi connectivity index (χ0) is 11.7. The van der Waals surface area contributed by atoms with Gasteiger partial charge in [0, 0.05) is 11.3 Å². The number of anilines is 1. The van der Waals surface area contributed by atoms with Crippen LogP contribution in [-0.2, 0) is 9.59 Å². The number of thioether (sulfide) groups is 1. The lowest BCUT2D eigenvalue weighted by molar-refractivity contribution is -0.131. The maximum atomic E-state index is 11.7. The molecule has 0 aromatic heterocycles. The normalized spacial score (nSPS) is 16.7. The zero-order valence-electron chi connectivity index (χ0n) is 8.48. The van der Waals surface area contributed by atoms with E-state index in [1.54, 1.807) is 30.5 Å². The third kappa shape index (κ3) is 1.59. The molecule has 1 aliphatic rings. The molecule has 1 amide bonds. The zero-order valence-corrected chi connectivity index (χ0v) is 9.30. The average Bonchev–Trinajstić information content (AvgIpc) is 2.57. The van der Waals surface area contributed by atoms with Crippen LogP contribution in [0.4, 0.5) is 5.69 Å². The second-order valence-corrected chi connectivity index (χ2v) is 4.03. The highest BCUT2D eigenvalue weighted by molar-refractivity contribution is 8.03. The number of carbonyl (C=O) groups excluding carboxylic acids is 1. The van der Waals surface area contributed by atoms with Crippen molar-refractivity contribution in [1.82, 2.24) is 0 Å². The number of carboxylic acid groups (broad SMARTS) is 1. The van der Waals surface area contributed by atoms with Gasteiger partial charge in [-0.15, -0.1) is 11.8 Å². The van der Waals surface area contributed by atoms with Crippen LogP contribution in [-0.4, -0.2) is 23.2 Å². The van der Waals surface area contributed by atoms with Crippen LogP contribution in [0.15, 0.2) is 29.2 Å². The Balaban J connectivity index is 2.66. The fraction of sp³-hybridized carbons (Fsp3) is 0.0909. The molecule has 5 heteroatoms. The Kier molecular flexibility index (Phi) is 2.70. The number of fused-ring (bicyclic) bond motifs is 1. The van der Waals surface area contributed by atoms with Gasteiger partial charge in [-0.1, -0.05) is 18.2 Å². The Morgan fingerprint density at radius 2 is 2.06 bits per heavy atom. The molecule has 0 unspecified atom stereocenters. The third-order valence-corrected chi connectivity index (χ3v) is 3.08. The summed E-state index contributed by atoms with van der Waals surface area (Å²) >= 11 is 1.06. The summed E-state index contributed by atoms with van der Waals surface area (Å²) in [6.07, 6.45) is 1.64. The molecule has 82 valence electrons. The fourth-order valence-electron chi connectivity index (χ4n) is 1.64. The van der Waals surface area contributed by atoms with Crippen molar-refractivity contribution in [2.45, 2.75) is 0 Å². The summed E-state index contributed by atoms with van der Waals surface area (Å²) in [6, 6.07) is 7.06. The number of hydrogen-bond donors (Lipinski definition) is 2. The molecular formula is C11H9NO3S. The molecule has 0 saturated carbocycles. The highest BCUT2D eigenvalue weighted by atomic mass is 32.2. The molecule has 0 atom stereocenters. The maximum Gasteiger partial charge on any atom is 0.343 e. The van der Waals surface area contributed by atoms with E-state index in [9.17, 15) is 9.59 Å². The number of benzene rings is 1. The molecule has 0 radical (unpaired) electrons. The summed E-state index contributed by atoms with van der Waals surface area (Å²) in [5.41, 5.74) is 1.56. The Labute approximate surface area is 96.4 Å². The van der Waals surface area contributed by atoms with E-state index in [2.05, 4.69) is 5.32 Å². The predicted molar refractivity (Wildman–Crippen MR) is 63.1 cm³/mol. The van der Waals surface area contributed by atoms with Gasteiger partial charge in [0.05, 0.1) is 5.57 Å². The molecule has 4 nitrogen and oxygen atoms in total. The molecule has 1 aromatic rings. The van der Waals surface area contributed by atoms with Gasteiger partial charge < -0.3 is 10.4 Å². The van der Waals surface area contributed by atoms with Gasteiger partial charge in [-0.25, -0.2) is 4.79 Å². The second-order valence-electron chi connectivity index (χ2n) is 3.21. The van der Waals surface area contributed by atoms with Gasteiger partial charge >= 0.3 is 5.97 Å². The third-order valence-electron chi connectivity index (χ3n) is 2.30. The fourth-order valence-corrected chi connectivity index (χ4v) is 2.22. The summed E-state index contributed by atoms with van der Waals surface area (Å²) in [4.78, 5) is 22.8. The number of amides is 1. The molecule has 0 aliphatic carbocycles. The Hall–Kier alpha value is -1.75. The van der Waals surface area contributed by atoms with Gasteiger partial charge in [0.1, 0.15) is 4.91 Å². The first-order valence-corrected chi connectivity index (χ1v) is 5.80. The quantitative estimate of drug-likeness (QED) is 0.767. The molecule has 2 rings (SSSR count). The topological polar surface area (TPSA) is 66.4 Å². The number of hydrogen-bond acceptors (Lipinski definition) is 3. The lowest BCUT2D eigenvalue weighted by atomic mass is 10.1. The molecule has 0 bridgehead atoms. The number of carboxylic acids is 1. The first kappa shape index (κ1) is 10.8. The van der Waals surface area contributed by atoms with E-state index < -0.39 is 5.97 Å². The molecule has 0 saturated heterocycles. The minimum Gasteiger partial charge on any atom is -0.477 e. The lowest BCUT2D eigenvalue weighted by Crippen LogP contribution is -2.09. The Morgan fingerprint density at radius 3 is 2.69 bits per heavy atom. The predicted octanol–water partition coefficient (Wildman–Crippen LogP) is 1.80. The van der Waals surface area contributed by atoms with Crippen LogP contribution in [0.5, 0.6) is 0 Å². The first-order chi connectivity index (χ1) is 7.65. The van der Waals surface area contributed by atoms with E-state index in [0.717, 1.165) is 11.8 Å². The number of nitrogens with one attached hydrogen (secondary N) is 1. The first-order valence-electron chi connectivity index (χ1n) is 4.57. The molecule has 1 aliphatic heterocycles. The molecule has 16 heavy (non-hydrogen) atoms. The van der Waals surface area contributed by atoms with Crippen LogP contribution >= 0.6 is 11.8 Å². The molecule has 1 heterocycles. The van der Waals surface area contributed by atoms with Crippen molar-refractivity contribution in [2.24, 2.45) is 0 Å². The van der Waals surface area contributed by atoms with Crippen LogP contribution in [0.2, 0.25) is 0 Å². The minimum atomic E-state index is -1.07. The van der Waals surface area contributed by atoms with Gasteiger partial charge in [0.2, 0.25) is 0 Å². The number of para-hydroxylation sites is 1. The van der Waals surface area contributed by atoms with Gasteiger partial charge in [0.15, 0.2) is 0 Å². The Bertz CT molecular complexity index is 508. The van der Waals surface area contributed by atoms with Crippen molar-refractivity contribution < 1.29 is 14.7 Å². The summed E-state index contributed by atoms with van der Waals surface area (Å²) in [5.74, 6) is -1.43. The SMILES string of the molecule is CS/C(C(=O)O)=C1/C(=O)Nc2ccccc21. The lowest BCUT2D eigenvalue weighted by Gasteiger charge is -2.02. The van der Waals surface area contributed by atoms with Crippen LogP contribution in [0, 0.1) is 0 Å². The van der Waals surface area contributed by atoms with Crippen LogP contribution < -0.4 is 5.32 Å². The summed E-state index contributed by atoms with van der Waals surface area (Å²) in [5, 5.41) is 11.7. The van der Waals surface area contributed by atoms with Crippen LogP contribution in [0.25, 0.3) is 5.57 Å². The molecule has 1 aromatic carbocycles. The largest absolute Gasteiger partial charge is 0.477 e. The molecule has 0 fully saturated rings. The monoisotopic (exact) mass is 235 g/mol. The van der Waals surface area contributed by atoms with Crippen molar-refractivity contribution >= 4 is 34.9 Å². The van der Waals surface area contributed by atoms with E-state index in [0.29, 0.717) is 11.3 Å². The van der Waals surface area contributed by atoms with Crippen LogP contribution in [0.3, 0.4) is 0 Å². The second kappa shape index (κ2) is 4.02. The van der Waals surface area contributed by atoms with Crippen molar-refractivity contribution in [3.05, 3.63) is 34.7 Å². The molecular weight excluding hydrogens is 226 g/mol. The van der Waals surface area contributed by atoms with E-state index in [4.69, 9.17) is 5.11 Å². The summed E-state index contributed by atoms with van der Waals surface area (Å²) in [6.45, 7) is 0. The smallest absolute Gasteiger partial charge is 0.343 e. The van der Waals surface area contributed by atoms with E-state index >= 15 is 0 Å². The number of rotatable bonds is 2.